The molecule has 0 spiro atoms. The Morgan fingerprint density at radius 1 is 1.00 bits per heavy atom. The van der Waals surface area contributed by atoms with Crippen LogP contribution in [-0.4, -0.2) is 19.2 Å². The second-order valence-electron chi connectivity index (χ2n) is 9.92. The number of nitrogens with one attached hydrogen (secondary N) is 1. The predicted molar refractivity (Wildman–Crippen MR) is 137 cm³/mol. The van der Waals surface area contributed by atoms with E-state index < -0.39 is 0 Å². The molecule has 1 aliphatic rings. The van der Waals surface area contributed by atoms with E-state index in [-0.39, 0.29) is 11.6 Å². The van der Waals surface area contributed by atoms with Gasteiger partial charge in [0.1, 0.15) is 0 Å². The summed E-state index contributed by atoms with van der Waals surface area (Å²) in [6.07, 6.45) is 6.74. The van der Waals surface area contributed by atoms with Crippen LogP contribution in [0.2, 0.25) is 0 Å². The van der Waals surface area contributed by atoms with Gasteiger partial charge in [0, 0.05) is 12.6 Å². The lowest BCUT2D eigenvalue weighted by Gasteiger charge is -2.25. The van der Waals surface area contributed by atoms with Gasteiger partial charge in [-0.3, -0.25) is 13.8 Å². The molecule has 0 bridgehead atoms. The fourth-order valence-electron chi connectivity index (χ4n) is 5.57. The molecule has 1 N–H and O–H groups in total. The average Bonchev–Trinajstić information content (AvgIpc) is 3.29. The number of para-hydroxylation sites is 1. The van der Waals surface area contributed by atoms with Gasteiger partial charge in [0.2, 0.25) is 5.78 Å². The van der Waals surface area contributed by atoms with Crippen LogP contribution in [0.25, 0.3) is 16.7 Å². The van der Waals surface area contributed by atoms with Gasteiger partial charge in [-0.25, -0.2) is 0 Å². The van der Waals surface area contributed by atoms with E-state index in [2.05, 4.69) is 53.6 Å². The Morgan fingerprint density at radius 3 is 2.44 bits per heavy atom. The quantitative estimate of drug-likeness (QED) is 0.392. The van der Waals surface area contributed by atoms with Gasteiger partial charge in [-0.2, -0.15) is 0 Å². The van der Waals surface area contributed by atoms with Crippen LogP contribution in [0.5, 0.6) is 0 Å². The SMILES string of the molecule is CCn1c(=O)c2ccccc2n2c(CNC(c3ccc(C4CCCCC4)cc3)C(C)C)nnc12. The first-order chi connectivity index (χ1) is 16.6. The van der Waals surface area contributed by atoms with E-state index in [4.69, 9.17) is 0 Å². The third-order valence-electron chi connectivity index (χ3n) is 7.41. The summed E-state index contributed by atoms with van der Waals surface area (Å²) in [5.41, 5.74) is 3.62. The van der Waals surface area contributed by atoms with E-state index in [0.29, 0.717) is 30.2 Å². The highest BCUT2D eigenvalue weighted by molar-refractivity contribution is 5.80. The Morgan fingerprint density at radius 2 is 1.74 bits per heavy atom. The molecule has 0 saturated heterocycles. The minimum atomic E-state index is -0.0179. The normalized spacial score (nSPS) is 16.0. The van der Waals surface area contributed by atoms with E-state index in [0.717, 1.165) is 17.3 Å². The molecule has 1 unspecified atom stereocenters. The molecule has 1 atom stereocenters. The Hall–Kier alpha value is -2.99. The number of benzene rings is 2. The fraction of sp³-hybridized carbons (Fsp3) is 0.464. The van der Waals surface area contributed by atoms with Crippen LogP contribution >= 0.6 is 0 Å². The first-order valence-electron chi connectivity index (χ1n) is 12.8. The standard InChI is InChI=1S/C28H35N5O/c1-4-32-27(34)23-12-8-9-13-24(23)33-25(30-31-28(32)33)18-29-26(19(2)3)22-16-14-21(15-17-22)20-10-6-5-7-11-20/h8-9,12-17,19-20,26,29H,4-7,10-11,18H2,1-3H3. The highest BCUT2D eigenvalue weighted by atomic mass is 16.1. The van der Waals surface area contributed by atoms with Crippen LogP contribution in [0.15, 0.2) is 53.3 Å². The topological polar surface area (TPSA) is 64.2 Å². The first kappa shape index (κ1) is 22.8. The Bertz CT molecular complexity index is 1330. The van der Waals surface area contributed by atoms with Gasteiger partial charge in [0.15, 0.2) is 5.82 Å². The van der Waals surface area contributed by atoms with E-state index in [9.17, 15) is 4.79 Å². The van der Waals surface area contributed by atoms with Crippen molar-refractivity contribution >= 4 is 16.7 Å². The van der Waals surface area contributed by atoms with Crippen molar-refractivity contribution in [1.82, 2.24) is 24.5 Å². The molecule has 5 rings (SSSR count). The molecule has 0 aliphatic heterocycles. The molecule has 0 radical (unpaired) electrons. The van der Waals surface area contributed by atoms with Gasteiger partial charge >= 0.3 is 0 Å². The summed E-state index contributed by atoms with van der Waals surface area (Å²) < 4.78 is 3.72. The number of fused-ring (bicyclic) bond motifs is 3. The highest BCUT2D eigenvalue weighted by Gasteiger charge is 2.20. The second kappa shape index (κ2) is 9.71. The van der Waals surface area contributed by atoms with Crippen molar-refractivity contribution in [2.24, 2.45) is 5.92 Å². The van der Waals surface area contributed by atoms with Crippen LogP contribution in [0.3, 0.4) is 0 Å². The van der Waals surface area contributed by atoms with Gasteiger partial charge in [-0.05, 0) is 54.9 Å². The molecule has 178 valence electrons. The van der Waals surface area contributed by atoms with Crippen LogP contribution in [-0.2, 0) is 13.1 Å². The number of aromatic nitrogens is 4. The maximum atomic E-state index is 12.9. The van der Waals surface area contributed by atoms with Gasteiger partial charge in [-0.15, -0.1) is 10.2 Å². The van der Waals surface area contributed by atoms with E-state index in [1.54, 1.807) is 4.57 Å². The Balaban J connectivity index is 1.43. The Labute approximate surface area is 201 Å². The maximum absolute atomic E-state index is 12.9. The molecule has 2 aromatic heterocycles. The van der Waals surface area contributed by atoms with Crippen LogP contribution in [0.1, 0.15) is 81.8 Å². The molecule has 1 fully saturated rings. The zero-order valence-corrected chi connectivity index (χ0v) is 20.5. The third kappa shape index (κ3) is 4.16. The molecule has 6 nitrogen and oxygen atoms in total. The molecule has 0 amide bonds. The van der Waals surface area contributed by atoms with E-state index >= 15 is 0 Å². The molecule has 2 heterocycles. The molecule has 1 saturated carbocycles. The summed E-state index contributed by atoms with van der Waals surface area (Å²) in [4.78, 5) is 12.9. The van der Waals surface area contributed by atoms with Crippen molar-refractivity contribution in [3.63, 3.8) is 0 Å². The number of rotatable bonds is 7. The summed E-state index contributed by atoms with van der Waals surface area (Å²) in [5.74, 6) is 2.56. The summed E-state index contributed by atoms with van der Waals surface area (Å²) in [6, 6.07) is 17.2. The van der Waals surface area contributed by atoms with Gasteiger partial charge in [0.05, 0.1) is 17.4 Å². The van der Waals surface area contributed by atoms with Gasteiger partial charge < -0.3 is 5.32 Å². The molecule has 6 heteroatoms. The summed E-state index contributed by atoms with van der Waals surface area (Å²) in [5, 5.41) is 13.3. The lowest BCUT2D eigenvalue weighted by atomic mass is 9.83. The third-order valence-corrected chi connectivity index (χ3v) is 7.41. The number of hydrogen-bond acceptors (Lipinski definition) is 4. The average molecular weight is 458 g/mol. The monoisotopic (exact) mass is 457 g/mol. The van der Waals surface area contributed by atoms with E-state index in [1.165, 1.54) is 43.2 Å². The molecule has 2 aromatic carbocycles. The summed E-state index contributed by atoms with van der Waals surface area (Å²) in [6.45, 7) is 7.59. The number of hydrogen-bond donors (Lipinski definition) is 1. The summed E-state index contributed by atoms with van der Waals surface area (Å²) in [7, 11) is 0. The minimum Gasteiger partial charge on any atom is -0.303 e. The predicted octanol–water partition coefficient (Wildman–Crippen LogP) is 5.60. The highest BCUT2D eigenvalue weighted by Crippen LogP contribution is 2.33. The smallest absolute Gasteiger partial charge is 0.262 e. The van der Waals surface area contributed by atoms with E-state index in [1.807, 2.05) is 35.6 Å². The lowest BCUT2D eigenvalue weighted by molar-refractivity contribution is 0.404. The van der Waals surface area contributed by atoms with Gasteiger partial charge in [0.25, 0.3) is 5.56 Å². The number of nitrogens with zero attached hydrogens (tertiary/aromatic N) is 4. The zero-order valence-electron chi connectivity index (χ0n) is 20.5. The molecule has 34 heavy (non-hydrogen) atoms. The molecule has 1 aliphatic carbocycles. The lowest BCUT2D eigenvalue weighted by Crippen LogP contribution is -2.27. The second-order valence-corrected chi connectivity index (χ2v) is 9.92. The fourth-order valence-corrected chi connectivity index (χ4v) is 5.57. The molecular weight excluding hydrogens is 422 g/mol. The van der Waals surface area contributed by atoms with Crippen molar-refractivity contribution < 1.29 is 0 Å². The minimum absolute atomic E-state index is 0.0179. The van der Waals surface area contributed by atoms with Gasteiger partial charge in [-0.1, -0.05) is 69.5 Å². The molecular formula is C28H35N5O. The largest absolute Gasteiger partial charge is 0.303 e. The summed E-state index contributed by atoms with van der Waals surface area (Å²) >= 11 is 0. The van der Waals surface area contributed by atoms with Crippen LogP contribution < -0.4 is 10.9 Å². The number of aryl methyl sites for hydroxylation is 1. The van der Waals surface area contributed by atoms with Crippen LogP contribution in [0.4, 0.5) is 0 Å². The first-order valence-corrected chi connectivity index (χ1v) is 12.8. The Kier molecular flexibility index (Phi) is 6.50. The zero-order chi connectivity index (χ0) is 23.7. The van der Waals surface area contributed by atoms with Crippen LogP contribution in [0, 0.1) is 5.92 Å². The molecule has 4 aromatic rings. The van der Waals surface area contributed by atoms with Crippen molar-refractivity contribution in [2.45, 2.75) is 77.9 Å². The van der Waals surface area contributed by atoms with Crippen molar-refractivity contribution in [3.8, 4) is 0 Å². The van der Waals surface area contributed by atoms with Crippen molar-refractivity contribution in [3.05, 3.63) is 75.8 Å². The van der Waals surface area contributed by atoms with Crippen molar-refractivity contribution in [2.75, 3.05) is 0 Å². The maximum Gasteiger partial charge on any atom is 0.262 e. The van der Waals surface area contributed by atoms with Crippen molar-refractivity contribution in [1.29, 1.82) is 0 Å².